The molecule has 4 aromatic rings. The van der Waals surface area contributed by atoms with Crippen LogP contribution in [0.2, 0.25) is 0 Å². The van der Waals surface area contributed by atoms with Gasteiger partial charge in [-0.05, 0) is 68.2 Å². The van der Waals surface area contributed by atoms with Crippen LogP contribution in [0.4, 0.5) is 4.39 Å². The Bertz CT molecular complexity index is 1320. The van der Waals surface area contributed by atoms with Gasteiger partial charge in [-0.3, -0.25) is 14.2 Å². The summed E-state index contributed by atoms with van der Waals surface area (Å²) in [6.07, 6.45) is 1.49. The van der Waals surface area contributed by atoms with Crippen LogP contribution in [0.3, 0.4) is 0 Å². The number of para-hydroxylation sites is 1. The molecule has 1 N–H and O–H groups in total. The van der Waals surface area contributed by atoms with E-state index < -0.39 is 0 Å². The fourth-order valence-electron chi connectivity index (χ4n) is 3.63. The van der Waals surface area contributed by atoms with Crippen LogP contribution >= 0.6 is 0 Å². The Balaban J connectivity index is 1.50. The molecule has 6 nitrogen and oxygen atoms in total. The van der Waals surface area contributed by atoms with Gasteiger partial charge in [0.1, 0.15) is 12.1 Å². The summed E-state index contributed by atoms with van der Waals surface area (Å²) >= 11 is 0. The zero-order chi connectivity index (χ0) is 22.7. The highest BCUT2D eigenvalue weighted by Crippen LogP contribution is 2.18. The number of rotatable bonds is 6. The molecule has 0 bridgehead atoms. The first kappa shape index (κ1) is 21.4. The number of hydrogen-bond acceptors (Lipinski definition) is 4. The number of nitrogens with zero attached hydrogens (tertiary/aromatic N) is 3. The van der Waals surface area contributed by atoms with E-state index in [2.05, 4.69) is 10.3 Å². The molecule has 0 fully saturated rings. The van der Waals surface area contributed by atoms with Gasteiger partial charge < -0.3 is 10.2 Å². The van der Waals surface area contributed by atoms with Gasteiger partial charge >= 0.3 is 0 Å². The van der Waals surface area contributed by atoms with Gasteiger partial charge in [-0.15, -0.1) is 0 Å². The summed E-state index contributed by atoms with van der Waals surface area (Å²) in [5, 5.41) is 3.44. The average molecular weight is 430 g/mol. The average Bonchev–Trinajstić information content (AvgIpc) is 2.79. The number of fused-ring (bicyclic) bond motifs is 1. The minimum atomic E-state index is -0.310. The van der Waals surface area contributed by atoms with Crippen molar-refractivity contribution >= 4 is 16.8 Å². The smallest absolute Gasteiger partial charge is 0.265 e. The SMILES string of the molecule is CN(C)C(CNC(=O)c1ccc(-n2cnc3ccccc3c2=O)cc1)c1cccc(F)c1. The maximum absolute atomic E-state index is 13.6. The number of aromatic nitrogens is 2. The molecule has 1 heterocycles. The molecule has 0 spiro atoms. The Morgan fingerprint density at radius 3 is 2.53 bits per heavy atom. The van der Waals surface area contributed by atoms with Crippen LogP contribution < -0.4 is 10.9 Å². The van der Waals surface area contributed by atoms with Crippen molar-refractivity contribution in [3.05, 3.63) is 106 Å². The van der Waals surface area contributed by atoms with Gasteiger partial charge in [0.2, 0.25) is 0 Å². The van der Waals surface area contributed by atoms with Crippen molar-refractivity contribution in [1.82, 2.24) is 19.8 Å². The summed E-state index contributed by atoms with van der Waals surface area (Å²) in [4.78, 5) is 31.7. The number of carbonyl (C=O) groups is 1. The number of benzene rings is 3. The van der Waals surface area contributed by atoms with Gasteiger partial charge in [-0.1, -0.05) is 24.3 Å². The van der Waals surface area contributed by atoms with Gasteiger partial charge in [0.15, 0.2) is 0 Å². The van der Waals surface area contributed by atoms with Crippen LogP contribution in [0.15, 0.2) is 83.9 Å². The van der Waals surface area contributed by atoms with Crippen molar-refractivity contribution in [2.24, 2.45) is 0 Å². The largest absolute Gasteiger partial charge is 0.350 e. The molecule has 3 aromatic carbocycles. The minimum Gasteiger partial charge on any atom is -0.350 e. The second-order valence-electron chi connectivity index (χ2n) is 7.73. The highest BCUT2D eigenvalue weighted by Gasteiger charge is 2.16. The lowest BCUT2D eigenvalue weighted by molar-refractivity contribution is 0.0942. The topological polar surface area (TPSA) is 67.2 Å². The van der Waals surface area contributed by atoms with Crippen molar-refractivity contribution in [3.8, 4) is 5.69 Å². The number of likely N-dealkylation sites (N-methyl/N-ethyl adjacent to an activating group) is 1. The number of carbonyl (C=O) groups excluding carboxylic acids is 1. The first-order valence-electron chi connectivity index (χ1n) is 10.2. The maximum Gasteiger partial charge on any atom is 0.265 e. The van der Waals surface area contributed by atoms with Gasteiger partial charge in [0.25, 0.3) is 11.5 Å². The Morgan fingerprint density at radius 1 is 1.06 bits per heavy atom. The number of hydrogen-bond donors (Lipinski definition) is 1. The van der Waals surface area contributed by atoms with Crippen LogP contribution in [0, 0.1) is 5.82 Å². The Hall–Kier alpha value is -3.84. The highest BCUT2D eigenvalue weighted by atomic mass is 19.1. The summed E-state index contributed by atoms with van der Waals surface area (Å²) in [6, 6.07) is 20.1. The maximum atomic E-state index is 13.6. The molecule has 162 valence electrons. The molecule has 1 aromatic heterocycles. The molecule has 1 atom stereocenters. The zero-order valence-electron chi connectivity index (χ0n) is 17.8. The van der Waals surface area contributed by atoms with Gasteiger partial charge in [0, 0.05) is 12.1 Å². The number of halogens is 1. The predicted octanol–water partition coefficient (Wildman–Crippen LogP) is 3.56. The molecule has 32 heavy (non-hydrogen) atoms. The monoisotopic (exact) mass is 430 g/mol. The summed E-state index contributed by atoms with van der Waals surface area (Å²) in [5.74, 6) is -0.557. The first-order valence-corrected chi connectivity index (χ1v) is 10.2. The highest BCUT2D eigenvalue weighted by molar-refractivity contribution is 5.94. The summed E-state index contributed by atoms with van der Waals surface area (Å²) in [5.41, 5.74) is 2.34. The fourth-order valence-corrected chi connectivity index (χ4v) is 3.63. The zero-order valence-corrected chi connectivity index (χ0v) is 17.8. The lowest BCUT2D eigenvalue weighted by atomic mass is 10.1. The second kappa shape index (κ2) is 9.11. The van der Waals surface area contributed by atoms with E-state index in [1.54, 1.807) is 48.5 Å². The van der Waals surface area contributed by atoms with E-state index in [0.717, 1.165) is 5.56 Å². The van der Waals surface area contributed by atoms with E-state index in [0.29, 0.717) is 28.7 Å². The lowest BCUT2D eigenvalue weighted by Gasteiger charge is -2.25. The van der Waals surface area contributed by atoms with Gasteiger partial charge in [0.05, 0.1) is 22.6 Å². The predicted molar refractivity (Wildman–Crippen MR) is 123 cm³/mol. The van der Waals surface area contributed by atoms with E-state index >= 15 is 0 Å². The molecule has 0 saturated heterocycles. The van der Waals surface area contributed by atoms with Crippen molar-refractivity contribution < 1.29 is 9.18 Å². The van der Waals surface area contributed by atoms with E-state index in [9.17, 15) is 14.0 Å². The molecule has 7 heteroatoms. The summed E-state index contributed by atoms with van der Waals surface area (Å²) in [6.45, 7) is 0.324. The van der Waals surface area contributed by atoms with Crippen molar-refractivity contribution in [1.29, 1.82) is 0 Å². The van der Waals surface area contributed by atoms with E-state index in [1.165, 1.54) is 23.0 Å². The standard InChI is InChI=1S/C25H23FN4O2/c1-29(2)23(18-6-5-7-19(26)14-18)15-27-24(31)17-10-12-20(13-11-17)30-16-28-22-9-4-3-8-21(22)25(30)32/h3-14,16,23H,15H2,1-2H3,(H,27,31). The van der Waals surface area contributed by atoms with Crippen molar-refractivity contribution in [2.45, 2.75) is 6.04 Å². The minimum absolute atomic E-state index is 0.170. The van der Waals surface area contributed by atoms with Crippen molar-refractivity contribution in [3.63, 3.8) is 0 Å². The van der Waals surface area contributed by atoms with Gasteiger partial charge in [-0.25, -0.2) is 9.37 Å². The third-order valence-corrected chi connectivity index (χ3v) is 5.39. The van der Waals surface area contributed by atoms with Crippen molar-refractivity contribution in [2.75, 3.05) is 20.6 Å². The van der Waals surface area contributed by atoms with Gasteiger partial charge in [-0.2, -0.15) is 0 Å². The molecule has 0 aliphatic rings. The molecule has 0 saturated carbocycles. The Labute approximate surface area is 184 Å². The van der Waals surface area contributed by atoms with E-state index in [-0.39, 0.29) is 23.3 Å². The van der Waals surface area contributed by atoms with Crippen LogP contribution in [-0.2, 0) is 0 Å². The van der Waals surface area contributed by atoms with Crippen LogP contribution in [0.5, 0.6) is 0 Å². The molecule has 1 unspecified atom stereocenters. The number of nitrogens with one attached hydrogen (secondary N) is 1. The van der Waals surface area contributed by atoms with Crippen LogP contribution in [0.25, 0.3) is 16.6 Å². The van der Waals surface area contributed by atoms with E-state index in [1.807, 2.05) is 31.1 Å². The third kappa shape index (κ3) is 4.43. The Morgan fingerprint density at radius 2 is 1.81 bits per heavy atom. The lowest BCUT2D eigenvalue weighted by Crippen LogP contribution is -2.34. The molecule has 0 aliphatic carbocycles. The normalized spacial score (nSPS) is 12.1. The molecular formula is C25H23FN4O2. The van der Waals surface area contributed by atoms with Crippen LogP contribution in [-0.4, -0.2) is 41.0 Å². The molecule has 0 radical (unpaired) electrons. The van der Waals surface area contributed by atoms with E-state index in [4.69, 9.17) is 0 Å². The quantitative estimate of drug-likeness (QED) is 0.508. The summed E-state index contributed by atoms with van der Waals surface area (Å²) < 4.78 is 15.1. The second-order valence-corrected chi connectivity index (χ2v) is 7.73. The summed E-state index contributed by atoms with van der Waals surface area (Å²) in [7, 11) is 3.76. The fraction of sp³-hybridized carbons (Fsp3) is 0.160. The molecule has 4 rings (SSSR count). The molecular weight excluding hydrogens is 407 g/mol. The molecule has 1 amide bonds. The Kier molecular flexibility index (Phi) is 6.09. The third-order valence-electron chi connectivity index (χ3n) is 5.39. The first-order chi connectivity index (χ1) is 15.4. The number of amides is 1. The molecule has 0 aliphatic heterocycles. The van der Waals surface area contributed by atoms with Crippen LogP contribution in [0.1, 0.15) is 22.0 Å².